The zero-order valence-electron chi connectivity index (χ0n) is 11.8. The van der Waals surface area contributed by atoms with Crippen LogP contribution in [-0.2, 0) is 5.41 Å². The number of para-hydroxylation sites is 1. The Morgan fingerprint density at radius 1 is 1.20 bits per heavy atom. The second-order valence-corrected chi connectivity index (χ2v) is 5.95. The molecule has 0 saturated heterocycles. The number of allylic oxidation sites excluding steroid dienone is 1. The average Bonchev–Trinajstić information content (AvgIpc) is 2.95. The summed E-state index contributed by atoms with van der Waals surface area (Å²) in [5.74, 6) is 0.797. The summed E-state index contributed by atoms with van der Waals surface area (Å²) in [5.41, 5.74) is 3.48. The molecule has 0 spiro atoms. The normalized spacial score (nSPS) is 15.8. The fourth-order valence-corrected chi connectivity index (χ4v) is 2.14. The lowest BCUT2D eigenvalue weighted by molar-refractivity contribution is 0.449. The summed E-state index contributed by atoms with van der Waals surface area (Å²) in [7, 11) is 0. The van der Waals surface area contributed by atoms with Crippen molar-refractivity contribution in [3.05, 3.63) is 41.3 Å². The van der Waals surface area contributed by atoms with Crippen molar-refractivity contribution in [3.63, 3.8) is 0 Å². The van der Waals surface area contributed by atoms with Crippen LogP contribution in [0.4, 0.5) is 5.69 Å². The highest BCUT2D eigenvalue weighted by Gasteiger charge is 2.21. The highest BCUT2D eigenvalue weighted by atomic mass is 16.3. The minimum Gasteiger partial charge on any atom is -0.492 e. The quantitative estimate of drug-likeness (QED) is 0.828. The van der Waals surface area contributed by atoms with E-state index in [1.165, 1.54) is 0 Å². The third-order valence-electron chi connectivity index (χ3n) is 3.28. The number of benzene rings is 1. The van der Waals surface area contributed by atoms with Gasteiger partial charge in [-0.05, 0) is 12.1 Å². The third kappa shape index (κ3) is 2.13. The van der Waals surface area contributed by atoms with Gasteiger partial charge in [-0.1, -0.05) is 39.0 Å². The number of nitrogens with one attached hydrogen (secondary N) is 1. The number of nitrogens with zero attached hydrogens (tertiary/aromatic N) is 2. The summed E-state index contributed by atoms with van der Waals surface area (Å²) >= 11 is 0. The zero-order chi connectivity index (χ0) is 14.3. The molecule has 1 aliphatic heterocycles. The predicted octanol–water partition coefficient (Wildman–Crippen LogP) is 3.67. The predicted molar refractivity (Wildman–Crippen MR) is 81.4 cm³/mol. The average molecular weight is 267 g/mol. The van der Waals surface area contributed by atoms with Gasteiger partial charge in [0.25, 0.3) is 0 Å². The van der Waals surface area contributed by atoms with Crippen LogP contribution in [0.15, 0.2) is 29.3 Å². The van der Waals surface area contributed by atoms with E-state index in [0.29, 0.717) is 5.69 Å². The van der Waals surface area contributed by atoms with Crippen LogP contribution >= 0.6 is 0 Å². The maximum Gasteiger partial charge on any atom is 0.237 e. The van der Waals surface area contributed by atoms with Gasteiger partial charge in [0, 0.05) is 22.8 Å². The van der Waals surface area contributed by atoms with Crippen LogP contribution in [0, 0.1) is 0 Å². The molecule has 0 radical (unpaired) electrons. The molecule has 0 atom stereocenters. The summed E-state index contributed by atoms with van der Waals surface area (Å²) < 4.78 is 0. The molecule has 2 heterocycles. The summed E-state index contributed by atoms with van der Waals surface area (Å²) in [6, 6.07) is 7.94. The number of rotatable bonds is 1. The standard InChI is InChI=1S/C16H17N3O/c1-16(2,3)15-18-13(14(20)19-15)8-10-9-17-12-7-5-4-6-11(10)12/h4-9,20H,1-3H3,(H,18,19)/b10-8+. The lowest BCUT2D eigenvalue weighted by Gasteiger charge is -2.13. The Morgan fingerprint density at radius 3 is 2.65 bits per heavy atom. The summed E-state index contributed by atoms with van der Waals surface area (Å²) in [6.07, 6.45) is 3.69. The number of fused-ring (bicyclic) bond motifs is 1. The van der Waals surface area contributed by atoms with Crippen molar-refractivity contribution in [3.8, 4) is 5.88 Å². The number of H-pyrrole nitrogens is 1. The monoisotopic (exact) mass is 267 g/mol. The van der Waals surface area contributed by atoms with Gasteiger partial charge in [-0.3, -0.25) is 4.99 Å². The van der Waals surface area contributed by atoms with Gasteiger partial charge in [-0.2, -0.15) is 4.98 Å². The first-order chi connectivity index (χ1) is 9.45. The highest BCUT2D eigenvalue weighted by molar-refractivity contribution is 6.21. The van der Waals surface area contributed by atoms with Gasteiger partial charge in [0.05, 0.1) is 5.69 Å². The molecular weight excluding hydrogens is 250 g/mol. The first kappa shape index (κ1) is 12.7. The van der Waals surface area contributed by atoms with E-state index in [4.69, 9.17) is 0 Å². The van der Waals surface area contributed by atoms with Gasteiger partial charge in [-0.15, -0.1) is 0 Å². The second kappa shape index (κ2) is 4.34. The van der Waals surface area contributed by atoms with E-state index in [1.807, 2.05) is 36.6 Å². The molecule has 0 unspecified atom stereocenters. The SMILES string of the molecule is CC(C)(C)c1nc(O)c(/C=C2\C=Nc3ccccc32)[nH]1. The molecule has 20 heavy (non-hydrogen) atoms. The van der Waals surface area contributed by atoms with E-state index in [2.05, 4.69) is 35.7 Å². The Kier molecular flexibility index (Phi) is 2.74. The number of imidazole rings is 1. The Bertz CT molecular complexity index is 718. The largest absolute Gasteiger partial charge is 0.492 e. The van der Waals surface area contributed by atoms with E-state index in [-0.39, 0.29) is 11.3 Å². The molecule has 4 heteroatoms. The van der Waals surface area contributed by atoms with Gasteiger partial charge >= 0.3 is 0 Å². The van der Waals surface area contributed by atoms with E-state index < -0.39 is 0 Å². The summed E-state index contributed by atoms with van der Waals surface area (Å²) in [4.78, 5) is 11.7. The maximum atomic E-state index is 9.97. The number of aromatic amines is 1. The van der Waals surface area contributed by atoms with E-state index in [9.17, 15) is 5.11 Å². The number of hydrogen-bond acceptors (Lipinski definition) is 3. The highest BCUT2D eigenvalue weighted by Crippen LogP contribution is 2.33. The van der Waals surface area contributed by atoms with E-state index in [0.717, 1.165) is 22.6 Å². The molecular formula is C16H17N3O. The smallest absolute Gasteiger partial charge is 0.237 e. The van der Waals surface area contributed by atoms with Gasteiger partial charge in [0.2, 0.25) is 5.88 Å². The van der Waals surface area contributed by atoms with Gasteiger partial charge < -0.3 is 10.1 Å². The maximum absolute atomic E-state index is 9.97. The van der Waals surface area contributed by atoms with E-state index in [1.54, 1.807) is 0 Å². The molecule has 1 aromatic heterocycles. The minimum atomic E-state index is -0.129. The minimum absolute atomic E-state index is 0.0280. The van der Waals surface area contributed by atoms with Gasteiger partial charge in [0.1, 0.15) is 11.5 Å². The van der Waals surface area contributed by atoms with Crippen molar-refractivity contribution >= 4 is 23.6 Å². The number of aromatic nitrogens is 2. The Labute approximate surface area is 117 Å². The molecule has 2 aromatic rings. The number of aliphatic imine (C=N–C) groups is 1. The van der Waals surface area contributed by atoms with E-state index >= 15 is 0 Å². The molecule has 1 aromatic carbocycles. The lowest BCUT2D eigenvalue weighted by Crippen LogP contribution is -2.13. The van der Waals surface area contributed by atoms with Crippen molar-refractivity contribution < 1.29 is 5.11 Å². The van der Waals surface area contributed by atoms with Crippen LogP contribution in [0.1, 0.15) is 37.9 Å². The van der Waals surface area contributed by atoms with Crippen molar-refractivity contribution in [1.29, 1.82) is 0 Å². The molecule has 3 rings (SSSR count). The third-order valence-corrected chi connectivity index (χ3v) is 3.28. The van der Waals surface area contributed by atoms with Crippen LogP contribution in [0.5, 0.6) is 5.88 Å². The van der Waals surface area contributed by atoms with Crippen molar-refractivity contribution in [2.24, 2.45) is 4.99 Å². The van der Waals surface area contributed by atoms with Crippen LogP contribution in [0.25, 0.3) is 11.6 Å². The Balaban J connectivity index is 2.03. The fraction of sp³-hybridized carbons (Fsp3) is 0.250. The van der Waals surface area contributed by atoms with Crippen LogP contribution in [0.3, 0.4) is 0 Å². The van der Waals surface area contributed by atoms with Crippen LogP contribution < -0.4 is 0 Å². The molecule has 0 amide bonds. The lowest BCUT2D eigenvalue weighted by atomic mass is 9.96. The number of aromatic hydroxyl groups is 1. The van der Waals surface area contributed by atoms with Gasteiger partial charge in [-0.25, -0.2) is 0 Å². The van der Waals surface area contributed by atoms with Crippen molar-refractivity contribution in [1.82, 2.24) is 9.97 Å². The van der Waals surface area contributed by atoms with Crippen molar-refractivity contribution in [2.75, 3.05) is 0 Å². The summed E-state index contributed by atoms with van der Waals surface area (Å²) in [6.45, 7) is 6.15. The zero-order valence-corrected chi connectivity index (χ0v) is 11.8. The fourth-order valence-electron chi connectivity index (χ4n) is 2.14. The Morgan fingerprint density at radius 2 is 1.95 bits per heavy atom. The molecule has 4 nitrogen and oxygen atoms in total. The molecule has 0 fully saturated rings. The second-order valence-electron chi connectivity index (χ2n) is 5.95. The summed E-state index contributed by atoms with van der Waals surface area (Å²) in [5, 5.41) is 9.97. The Hall–Kier alpha value is -2.36. The molecule has 0 aliphatic carbocycles. The first-order valence-corrected chi connectivity index (χ1v) is 6.60. The van der Waals surface area contributed by atoms with Crippen LogP contribution in [-0.4, -0.2) is 21.3 Å². The molecule has 0 bridgehead atoms. The molecule has 0 saturated carbocycles. The van der Waals surface area contributed by atoms with Gasteiger partial charge in [0.15, 0.2) is 0 Å². The molecule has 2 N–H and O–H groups in total. The first-order valence-electron chi connectivity index (χ1n) is 6.60. The molecule has 1 aliphatic rings. The van der Waals surface area contributed by atoms with Crippen LogP contribution in [0.2, 0.25) is 0 Å². The molecule has 102 valence electrons. The number of hydrogen-bond donors (Lipinski definition) is 2. The topological polar surface area (TPSA) is 61.3 Å². The van der Waals surface area contributed by atoms with Crippen molar-refractivity contribution in [2.45, 2.75) is 26.2 Å².